The monoisotopic (exact) mass is 211 g/mol. The molecular weight excluding hydrogens is 199 g/mol. The zero-order valence-corrected chi connectivity index (χ0v) is 8.13. The van der Waals surface area contributed by atoms with Gasteiger partial charge in [0.15, 0.2) is 0 Å². The van der Waals surface area contributed by atoms with Crippen molar-refractivity contribution in [1.29, 1.82) is 0 Å². The molecule has 0 aromatic heterocycles. The molecule has 0 aliphatic heterocycles. The quantitative estimate of drug-likeness (QED) is 0.527. The summed E-state index contributed by atoms with van der Waals surface area (Å²) in [5.41, 5.74) is 0. The number of nitrogens with zero attached hydrogens (tertiary/aromatic N) is 1. The number of alkyl halides is 3. The molecule has 0 amide bonds. The summed E-state index contributed by atoms with van der Waals surface area (Å²) in [6.07, 6.45) is -4.68. The minimum atomic E-state index is -4.50. The molecule has 0 fully saturated rings. The first-order valence-electron chi connectivity index (χ1n) is 3.97. The van der Waals surface area contributed by atoms with Crippen molar-refractivity contribution in [2.24, 2.45) is 10.9 Å². The molecule has 0 aromatic carbocycles. The normalized spacial score (nSPS) is 14.8. The van der Waals surface area contributed by atoms with Gasteiger partial charge >= 0.3 is 12.1 Å². The SMILES string of the molecule is COC(=O)C(/N=C/C(F)(F)F)C(C)C. The highest BCUT2D eigenvalue weighted by molar-refractivity contribution is 5.79. The summed E-state index contributed by atoms with van der Waals surface area (Å²) < 4.78 is 39.6. The highest BCUT2D eigenvalue weighted by Crippen LogP contribution is 2.14. The van der Waals surface area contributed by atoms with Gasteiger partial charge in [-0.05, 0) is 5.92 Å². The number of aliphatic imine (C=N–C) groups is 1. The Morgan fingerprint density at radius 2 is 1.93 bits per heavy atom. The minimum absolute atomic E-state index is 0.186. The molecule has 0 bridgehead atoms. The lowest BCUT2D eigenvalue weighted by Crippen LogP contribution is -2.27. The smallest absolute Gasteiger partial charge is 0.426 e. The van der Waals surface area contributed by atoms with E-state index in [1.807, 2.05) is 0 Å². The van der Waals surface area contributed by atoms with E-state index in [1.54, 1.807) is 13.8 Å². The topological polar surface area (TPSA) is 38.7 Å². The Hall–Kier alpha value is -1.07. The van der Waals surface area contributed by atoms with Gasteiger partial charge in [-0.1, -0.05) is 13.8 Å². The van der Waals surface area contributed by atoms with Crippen LogP contribution in [0.15, 0.2) is 4.99 Å². The molecule has 82 valence electrons. The number of halogens is 3. The van der Waals surface area contributed by atoms with Gasteiger partial charge in [-0.25, -0.2) is 4.79 Å². The average Bonchev–Trinajstić information content (AvgIpc) is 2.01. The lowest BCUT2D eigenvalue weighted by atomic mass is 10.1. The van der Waals surface area contributed by atoms with Crippen LogP contribution in [0, 0.1) is 5.92 Å². The number of methoxy groups -OCH3 is 1. The van der Waals surface area contributed by atoms with Gasteiger partial charge in [0.25, 0.3) is 0 Å². The van der Waals surface area contributed by atoms with Gasteiger partial charge < -0.3 is 4.74 Å². The van der Waals surface area contributed by atoms with Crippen LogP contribution in [0.1, 0.15) is 13.8 Å². The van der Waals surface area contributed by atoms with Crippen molar-refractivity contribution in [3.05, 3.63) is 0 Å². The maximum atomic E-state index is 11.7. The zero-order valence-electron chi connectivity index (χ0n) is 8.13. The molecule has 0 N–H and O–H groups in total. The van der Waals surface area contributed by atoms with Crippen LogP contribution in [0.5, 0.6) is 0 Å². The summed E-state index contributed by atoms with van der Waals surface area (Å²) in [5.74, 6) is -1.10. The Morgan fingerprint density at radius 1 is 1.43 bits per heavy atom. The average molecular weight is 211 g/mol. The van der Waals surface area contributed by atoms with Gasteiger partial charge in [0, 0.05) is 0 Å². The number of carbonyl (C=O) groups excluding carboxylic acids is 1. The number of esters is 1. The summed E-state index contributed by atoms with van der Waals surface area (Å²) in [5, 5.41) is 0. The molecule has 0 rings (SSSR count). The standard InChI is InChI=1S/C8H12F3NO2/c1-5(2)6(7(13)14-3)12-4-8(9,10)11/h4-6H,1-3H3/b12-4+. The molecule has 0 radical (unpaired) electrons. The van der Waals surface area contributed by atoms with E-state index < -0.39 is 18.2 Å². The molecule has 0 heterocycles. The maximum absolute atomic E-state index is 11.7. The fraction of sp³-hybridized carbons (Fsp3) is 0.750. The van der Waals surface area contributed by atoms with Gasteiger partial charge in [-0.3, -0.25) is 4.99 Å². The van der Waals surface area contributed by atoms with E-state index in [0.717, 1.165) is 7.11 Å². The fourth-order valence-corrected chi connectivity index (χ4v) is 0.791. The lowest BCUT2D eigenvalue weighted by molar-refractivity contribution is -0.143. The molecule has 0 aliphatic rings. The van der Waals surface area contributed by atoms with E-state index in [2.05, 4.69) is 9.73 Å². The highest BCUT2D eigenvalue weighted by Gasteiger charge is 2.27. The summed E-state index contributed by atoms with van der Waals surface area (Å²) in [6, 6.07) is -1.10. The summed E-state index contributed by atoms with van der Waals surface area (Å²) in [6.45, 7) is 3.19. The molecule has 0 aromatic rings. The van der Waals surface area contributed by atoms with Crippen molar-refractivity contribution in [2.75, 3.05) is 7.11 Å². The van der Waals surface area contributed by atoms with Gasteiger partial charge in [0.1, 0.15) is 12.3 Å². The first-order chi connectivity index (χ1) is 6.28. The fourth-order valence-electron chi connectivity index (χ4n) is 0.791. The summed E-state index contributed by atoms with van der Waals surface area (Å²) in [7, 11) is 1.11. The molecule has 1 atom stereocenters. The molecule has 3 nitrogen and oxygen atoms in total. The van der Waals surface area contributed by atoms with Crippen molar-refractivity contribution >= 4 is 12.2 Å². The van der Waals surface area contributed by atoms with E-state index in [4.69, 9.17) is 0 Å². The van der Waals surface area contributed by atoms with Gasteiger partial charge in [0.2, 0.25) is 0 Å². The van der Waals surface area contributed by atoms with Crippen LogP contribution >= 0.6 is 0 Å². The number of rotatable bonds is 3. The molecule has 14 heavy (non-hydrogen) atoms. The molecule has 0 saturated heterocycles. The number of hydrogen-bond donors (Lipinski definition) is 0. The zero-order chi connectivity index (χ0) is 11.4. The Balaban J connectivity index is 4.54. The third-order valence-corrected chi connectivity index (χ3v) is 1.46. The number of ether oxygens (including phenoxy) is 1. The van der Waals surface area contributed by atoms with E-state index in [0.29, 0.717) is 0 Å². The number of hydrogen-bond acceptors (Lipinski definition) is 3. The largest absolute Gasteiger partial charge is 0.467 e. The molecule has 0 aliphatic carbocycles. The van der Waals surface area contributed by atoms with E-state index in [-0.39, 0.29) is 12.1 Å². The molecule has 0 spiro atoms. The van der Waals surface area contributed by atoms with Crippen LogP contribution in [0.4, 0.5) is 13.2 Å². The van der Waals surface area contributed by atoms with Crippen molar-refractivity contribution in [1.82, 2.24) is 0 Å². The highest BCUT2D eigenvalue weighted by atomic mass is 19.4. The van der Waals surface area contributed by atoms with Crippen LogP contribution in [-0.4, -0.2) is 31.5 Å². The Kier molecular flexibility index (Phi) is 4.59. The third kappa shape index (κ3) is 4.84. The second kappa shape index (κ2) is 4.97. The first kappa shape index (κ1) is 12.9. The van der Waals surface area contributed by atoms with Gasteiger partial charge in [0.05, 0.1) is 7.11 Å². The Morgan fingerprint density at radius 3 is 2.21 bits per heavy atom. The Labute approximate surface area is 80.0 Å². The predicted molar refractivity (Wildman–Crippen MR) is 45.2 cm³/mol. The minimum Gasteiger partial charge on any atom is -0.467 e. The first-order valence-corrected chi connectivity index (χ1v) is 3.97. The van der Waals surface area contributed by atoms with Crippen LogP contribution in [0.3, 0.4) is 0 Å². The van der Waals surface area contributed by atoms with E-state index in [9.17, 15) is 18.0 Å². The molecule has 0 saturated carbocycles. The van der Waals surface area contributed by atoms with Gasteiger partial charge in [-0.2, -0.15) is 13.2 Å². The Bertz CT molecular complexity index is 223. The van der Waals surface area contributed by atoms with Crippen molar-refractivity contribution in [3.8, 4) is 0 Å². The van der Waals surface area contributed by atoms with Crippen LogP contribution in [-0.2, 0) is 9.53 Å². The second-order valence-corrected chi connectivity index (χ2v) is 3.03. The molecular formula is C8H12F3NO2. The number of carbonyl (C=O) groups is 1. The summed E-state index contributed by atoms with van der Waals surface area (Å²) in [4.78, 5) is 14.1. The third-order valence-electron chi connectivity index (χ3n) is 1.46. The van der Waals surface area contributed by atoms with Crippen molar-refractivity contribution < 1.29 is 22.7 Å². The molecule has 1 unspecified atom stereocenters. The van der Waals surface area contributed by atoms with Gasteiger partial charge in [-0.15, -0.1) is 0 Å². The van der Waals surface area contributed by atoms with Crippen LogP contribution in [0.25, 0.3) is 0 Å². The lowest BCUT2D eigenvalue weighted by Gasteiger charge is -2.13. The van der Waals surface area contributed by atoms with E-state index >= 15 is 0 Å². The summed E-state index contributed by atoms with van der Waals surface area (Å²) >= 11 is 0. The van der Waals surface area contributed by atoms with Crippen LogP contribution < -0.4 is 0 Å². The van der Waals surface area contributed by atoms with Crippen molar-refractivity contribution in [3.63, 3.8) is 0 Å². The van der Waals surface area contributed by atoms with Crippen LogP contribution in [0.2, 0.25) is 0 Å². The second-order valence-electron chi connectivity index (χ2n) is 3.03. The van der Waals surface area contributed by atoms with Crippen molar-refractivity contribution in [2.45, 2.75) is 26.1 Å². The predicted octanol–water partition coefficient (Wildman–Crippen LogP) is 1.82. The maximum Gasteiger partial charge on any atom is 0.426 e. The van der Waals surface area contributed by atoms with E-state index in [1.165, 1.54) is 0 Å². The molecule has 6 heteroatoms.